The van der Waals surface area contributed by atoms with Gasteiger partial charge in [0.15, 0.2) is 0 Å². The van der Waals surface area contributed by atoms with E-state index in [-0.39, 0.29) is 17.4 Å². The van der Waals surface area contributed by atoms with Gasteiger partial charge < -0.3 is 14.6 Å². The number of nitrogens with zero attached hydrogens (tertiary/aromatic N) is 3. The van der Waals surface area contributed by atoms with Crippen molar-refractivity contribution in [1.82, 2.24) is 19.8 Å². The van der Waals surface area contributed by atoms with Gasteiger partial charge in [-0.05, 0) is 30.5 Å². The van der Waals surface area contributed by atoms with Crippen LogP contribution in [-0.4, -0.2) is 52.4 Å². The Kier molecular flexibility index (Phi) is 5.88. The Balaban J connectivity index is 1.48. The van der Waals surface area contributed by atoms with Crippen LogP contribution in [0.25, 0.3) is 0 Å². The number of carbonyl (C=O) groups excluding carboxylic acids is 1. The average Bonchev–Trinajstić information content (AvgIpc) is 3.23. The lowest BCUT2D eigenvalue weighted by Gasteiger charge is -2.28. The molecule has 0 aliphatic carbocycles. The highest BCUT2D eigenvalue weighted by molar-refractivity contribution is 5.81. The molecule has 1 aromatic carbocycles. The third kappa shape index (κ3) is 4.66. The zero-order valence-electron chi connectivity index (χ0n) is 18.9. The predicted molar refractivity (Wildman–Crippen MR) is 119 cm³/mol. The van der Waals surface area contributed by atoms with E-state index in [2.05, 4.69) is 22.0 Å². The maximum atomic E-state index is 12.7. The minimum atomic E-state index is -0.395. The number of hydrogen-bond donors (Lipinski definition) is 1. The molecule has 2 aromatic rings. The number of rotatable bonds is 4. The van der Waals surface area contributed by atoms with Crippen molar-refractivity contribution in [1.29, 1.82) is 0 Å². The lowest BCUT2D eigenvalue weighted by molar-refractivity contribution is -0.138. The van der Waals surface area contributed by atoms with Crippen molar-refractivity contribution in [2.45, 2.75) is 52.6 Å². The molecule has 1 amide bonds. The van der Waals surface area contributed by atoms with Gasteiger partial charge in [-0.25, -0.2) is 4.98 Å². The normalized spacial score (nSPS) is 19.4. The van der Waals surface area contributed by atoms with Gasteiger partial charge in [0.25, 0.3) is 5.56 Å². The van der Waals surface area contributed by atoms with E-state index >= 15 is 0 Å². The molecule has 0 radical (unpaired) electrons. The molecule has 1 saturated heterocycles. The Bertz CT molecular complexity index is 1010. The largest absolute Gasteiger partial charge is 0.497 e. The molecule has 0 spiro atoms. The van der Waals surface area contributed by atoms with Crippen LogP contribution in [0.3, 0.4) is 0 Å². The van der Waals surface area contributed by atoms with E-state index in [4.69, 9.17) is 9.72 Å². The Morgan fingerprint density at radius 3 is 2.65 bits per heavy atom. The summed E-state index contributed by atoms with van der Waals surface area (Å²) in [5.74, 6) is 1.81. The summed E-state index contributed by atoms with van der Waals surface area (Å²) in [5.41, 5.74) is 2.47. The van der Waals surface area contributed by atoms with Gasteiger partial charge >= 0.3 is 0 Å². The van der Waals surface area contributed by atoms with Crippen molar-refractivity contribution in [2.75, 3.05) is 26.7 Å². The summed E-state index contributed by atoms with van der Waals surface area (Å²) < 4.78 is 5.24. The third-order valence-corrected chi connectivity index (χ3v) is 6.24. The molecule has 2 aliphatic heterocycles. The van der Waals surface area contributed by atoms with Gasteiger partial charge in [0.2, 0.25) is 5.91 Å². The molecule has 1 fully saturated rings. The Hall–Kier alpha value is -2.67. The number of aromatic amines is 1. The van der Waals surface area contributed by atoms with Gasteiger partial charge in [-0.3, -0.25) is 14.5 Å². The maximum Gasteiger partial charge on any atom is 0.254 e. The van der Waals surface area contributed by atoms with Gasteiger partial charge in [0.1, 0.15) is 11.6 Å². The summed E-state index contributed by atoms with van der Waals surface area (Å²) in [5, 5.41) is 0. The van der Waals surface area contributed by atoms with Gasteiger partial charge in [-0.15, -0.1) is 0 Å². The van der Waals surface area contributed by atoms with Crippen LogP contribution in [0, 0.1) is 5.41 Å². The van der Waals surface area contributed by atoms with Crippen LogP contribution in [-0.2, 0) is 24.3 Å². The first-order chi connectivity index (χ1) is 14.7. The Labute approximate surface area is 183 Å². The number of carbonyl (C=O) groups is 1. The van der Waals surface area contributed by atoms with Crippen molar-refractivity contribution in [2.24, 2.45) is 5.41 Å². The first kappa shape index (κ1) is 21.6. The van der Waals surface area contributed by atoms with Crippen molar-refractivity contribution in [3.05, 3.63) is 57.3 Å². The molecule has 0 bridgehead atoms. The number of fused-ring (bicyclic) bond motifs is 1. The minimum absolute atomic E-state index is 0.0234. The summed E-state index contributed by atoms with van der Waals surface area (Å²) in [6, 6.07) is 8.09. The van der Waals surface area contributed by atoms with Crippen molar-refractivity contribution < 1.29 is 9.53 Å². The Morgan fingerprint density at radius 1 is 1.23 bits per heavy atom. The average molecular weight is 425 g/mol. The number of aromatic nitrogens is 2. The number of amides is 1. The molecule has 1 aromatic heterocycles. The minimum Gasteiger partial charge on any atom is -0.497 e. The number of H-pyrrole nitrogens is 1. The summed E-state index contributed by atoms with van der Waals surface area (Å²) in [7, 11) is 1.67. The summed E-state index contributed by atoms with van der Waals surface area (Å²) in [6.45, 7) is 9.47. The topological polar surface area (TPSA) is 78.5 Å². The van der Waals surface area contributed by atoms with E-state index in [1.165, 1.54) is 5.56 Å². The van der Waals surface area contributed by atoms with E-state index < -0.39 is 5.41 Å². The zero-order valence-corrected chi connectivity index (χ0v) is 18.9. The second-order valence-corrected chi connectivity index (χ2v) is 9.67. The fraction of sp³-hybridized carbons (Fsp3) is 0.542. The fourth-order valence-electron chi connectivity index (χ4n) is 4.47. The second-order valence-electron chi connectivity index (χ2n) is 9.67. The first-order valence-electron chi connectivity index (χ1n) is 11.0. The van der Waals surface area contributed by atoms with Crippen molar-refractivity contribution >= 4 is 5.91 Å². The second kappa shape index (κ2) is 8.46. The van der Waals surface area contributed by atoms with Gasteiger partial charge in [0, 0.05) is 49.6 Å². The molecule has 7 heteroatoms. The van der Waals surface area contributed by atoms with E-state index in [1.54, 1.807) is 7.11 Å². The molecule has 7 nitrogen and oxygen atoms in total. The lowest BCUT2D eigenvalue weighted by atomic mass is 9.95. The van der Waals surface area contributed by atoms with Crippen LogP contribution in [0.15, 0.2) is 29.1 Å². The zero-order chi connectivity index (χ0) is 22.2. The molecule has 166 valence electrons. The monoisotopic (exact) mass is 424 g/mol. The predicted octanol–water partition coefficient (Wildman–Crippen LogP) is 2.70. The molecular weight excluding hydrogens is 392 g/mol. The number of benzene rings is 1. The number of hydrogen-bond acceptors (Lipinski definition) is 5. The molecule has 1 atom stereocenters. The van der Waals surface area contributed by atoms with Gasteiger partial charge in [-0.1, -0.05) is 32.9 Å². The first-order valence-corrected chi connectivity index (χ1v) is 11.0. The molecule has 1 N–H and O–H groups in total. The Morgan fingerprint density at radius 2 is 1.97 bits per heavy atom. The highest BCUT2D eigenvalue weighted by atomic mass is 16.5. The van der Waals surface area contributed by atoms with Gasteiger partial charge in [0.05, 0.1) is 12.8 Å². The van der Waals surface area contributed by atoms with E-state index in [0.29, 0.717) is 26.1 Å². The summed E-state index contributed by atoms with van der Waals surface area (Å²) in [6.07, 6.45) is 1.53. The van der Waals surface area contributed by atoms with E-state index in [0.717, 1.165) is 42.3 Å². The van der Waals surface area contributed by atoms with E-state index in [1.807, 2.05) is 37.8 Å². The van der Waals surface area contributed by atoms with Gasteiger partial charge in [-0.2, -0.15) is 0 Å². The number of nitrogens with one attached hydrogen (secondary N) is 1. The third-order valence-electron chi connectivity index (χ3n) is 6.24. The highest BCUT2D eigenvalue weighted by Crippen LogP contribution is 2.29. The van der Waals surface area contributed by atoms with Crippen molar-refractivity contribution in [3.63, 3.8) is 0 Å². The van der Waals surface area contributed by atoms with Crippen LogP contribution >= 0.6 is 0 Å². The van der Waals surface area contributed by atoms with Crippen LogP contribution < -0.4 is 10.3 Å². The molecule has 4 rings (SSSR count). The molecular formula is C24H32N4O3. The summed E-state index contributed by atoms with van der Waals surface area (Å²) >= 11 is 0. The summed E-state index contributed by atoms with van der Waals surface area (Å²) in [4.78, 5) is 37.5. The molecule has 2 aliphatic rings. The van der Waals surface area contributed by atoms with Crippen LogP contribution in [0.4, 0.5) is 0 Å². The number of methoxy groups -OCH3 is 1. The number of ether oxygens (including phenoxy) is 1. The quantitative estimate of drug-likeness (QED) is 0.817. The molecule has 3 heterocycles. The SMILES string of the molecule is COc1ccc(CN2CCc3c(nc([C@@H]4CCN(C(=O)C(C)(C)C)C4)[nH]c3=O)C2)cc1. The molecule has 0 unspecified atom stereocenters. The highest BCUT2D eigenvalue weighted by Gasteiger charge is 2.35. The van der Waals surface area contributed by atoms with Crippen molar-refractivity contribution in [3.8, 4) is 5.75 Å². The standard InChI is InChI=1S/C24H32N4O3/c1-24(2,3)23(30)28-12-9-17(14-28)21-25-20-15-27(11-10-19(20)22(29)26-21)13-16-5-7-18(31-4)8-6-16/h5-8,17H,9-15H2,1-4H3,(H,25,26,29)/t17-/m1/s1. The van der Waals surface area contributed by atoms with Crippen LogP contribution in [0.2, 0.25) is 0 Å². The fourth-order valence-corrected chi connectivity index (χ4v) is 4.47. The molecule has 31 heavy (non-hydrogen) atoms. The molecule has 0 saturated carbocycles. The maximum absolute atomic E-state index is 12.7. The number of likely N-dealkylation sites (tertiary alicyclic amines) is 1. The van der Waals surface area contributed by atoms with Crippen LogP contribution in [0.5, 0.6) is 5.75 Å². The lowest BCUT2D eigenvalue weighted by Crippen LogP contribution is -2.38. The van der Waals surface area contributed by atoms with Crippen LogP contribution in [0.1, 0.15) is 55.8 Å². The van der Waals surface area contributed by atoms with E-state index in [9.17, 15) is 9.59 Å². The smallest absolute Gasteiger partial charge is 0.254 e.